The summed E-state index contributed by atoms with van der Waals surface area (Å²) in [5.74, 6) is 0.921. The van der Waals surface area contributed by atoms with E-state index in [1.807, 2.05) is 43.3 Å². The molecule has 0 aliphatic carbocycles. The molecule has 2 heterocycles. The van der Waals surface area contributed by atoms with Gasteiger partial charge in [-0.1, -0.05) is 48.0 Å². The number of fused-ring (bicyclic) bond motifs is 2. The summed E-state index contributed by atoms with van der Waals surface area (Å²) in [6.45, 7) is 2.15. The van der Waals surface area contributed by atoms with Gasteiger partial charge in [-0.3, -0.25) is 4.79 Å². The fourth-order valence-corrected chi connectivity index (χ4v) is 7.18. The first-order valence-electron chi connectivity index (χ1n) is 11.5. The van der Waals surface area contributed by atoms with Crippen LogP contribution in [0.15, 0.2) is 71.6 Å². The van der Waals surface area contributed by atoms with Crippen LogP contribution in [0.4, 0.5) is 5.69 Å². The van der Waals surface area contributed by atoms with Crippen molar-refractivity contribution in [2.45, 2.75) is 36.1 Å². The number of hydrogen-bond donors (Lipinski definition) is 1. The summed E-state index contributed by atoms with van der Waals surface area (Å²) >= 11 is 0. The lowest BCUT2D eigenvalue weighted by Crippen LogP contribution is -2.50. The Kier molecular flexibility index (Phi) is 5.81. The number of nitrogens with zero attached hydrogens (tertiary/aromatic N) is 1. The summed E-state index contributed by atoms with van der Waals surface area (Å²) in [5, 5.41) is 3.00. The van der Waals surface area contributed by atoms with Crippen LogP contribution in [-0.2, 0) is 26.7 Å². The van der Waals surface area contributed by atoms with Gasteiger partial charge in [-0.15, -0.1) is 0 Å². The Morgan fingerprint density at radius 2 is 1.74 bits per heavy atom. The second-order valence-corrected chi connectivity index (χ2v) is 10.9. The number of nitrogens with one attached hydrogen (secondary N) is 1. The molecule has 3 aromatic carbocycles. The summed E-state index contributed by atoms with van der Waals surface area (Å²) < 4.78 is 40.5. The van der Waals surface area contributed by atoms with E-state index in [0.717, 1.165) is 22.4 Å². The van der Waals surface area contributed by atoms with Crippen molar-refractivity contribution in [2.75, 3.05) is 26.1 Å². The Morgan fingerprint density at radius 3 is 2.46 bits per heavy atom. The normalized spacial score (nSPS) is 21.7. The third-order valence-electron chi connectivity index (χ3n) is 7.23. The minimum Gasteiger partial charge on any atom is -0.493 e. The zero-order chi connectivity index (χ0) is 24.8. The number of anilines is 1. The average Bonchev–Trinajstić information content (AvgIpc) is 3.38. The van der Waals surface area contributed by atoms with Crippen molar-refractivity contribution in [2.24, 2.45) is 0 Å². The van der Waals surface area contributed by atoms with Crippen LogP contribution < -0.4 is 14.8 Å². The lowest BCUT2D eigenvalue weighted by Gasteiger charge is -2.34. The van der Waals surface area contributed by atoms with Crippen LogP contribution in [0.3, 0.4) is 0 Å². The van der Waals surface area contributed by atoms with Crippen LogP contribution in [0.1, 0.15) is 23.1 Å². The number of para-hydroxylation sites is 2. The molecule has 2 unspecified atom stereocenters. The summed E-state index contributed by atoms with van der Waals surface area (Å²) in [4.78, 5) is 13.8. The quantitative estimate of drug-likeness (QED) is 0.564. The van der Waals surface area contributed by atoms with E-state index in [9.17, 15) is 13.2 Å². The number of amides is 1. The van der Waals surface area contributed by atoms with Gasteiger partial charge in [-0.25, -0.2) is 8.42 Å². The molecule has 35 heavy (non-hydrogen) atoms. The SMILES string of the molecule is COc1cccc(CC2N(S(=O)(=O)c3ccc(C)cc3)CCC23C(=O)Nc2ccccc23)c1OC. The second kappa shape index (κ2) is 8.70. The molecule has 1 spiro atoms. The number of benzene rings is 3. The lowest BCUT2D eigenvalue weighted by atomic mass is 9.73. The fourth-order valence-electron chi connectivity index (χ4n) is 5.50. The van der Waals surface area contributed by atoms with Crippen molar-refractivity contribution in [3.8, 4) is 11.5 Å². The molecule has 8 heteroatoms. The van der Waals surface area contributed by atoms with E-state index in [1.54, 1.807) is 44.6 Å². The number of hydrogen-bond acceptors (Lipinski definition) is 5. The molecule has 182 valence electrons. The van der Waals surface area contributed by atoms with Crippen molar-refractivity contribution in [1.29, 1.82) is 0 Å². The summed E-state index contributed by atoms with van der Waals surface area (Å²) in [6.07, 6.45) is 0.672. The van der Waals surface area contributed by atoms with Crippen molar-refractivity contribution in [1.82, 2.24) is 4.31 Å². The zero-order valence-electron chi connectivity index (χ0n) is 19.9. The molecule has 1 amide bonds. The van der Waals surface area contributed by atoms with E-state index in [1.165, 1.54) is 4.31 Å². The second-order valence-electron chi connectivity index (χ2n) is 9.02. The van der Waals surface area contributed by atoms with E-state index in [2.05, 4.69) is 5.32 Å². The average molecular weight is 493 g/mol. The molecule has 2 atom stereocenters. The van der Waals surface area contributed by atoms with Crippen molar-refractivity contribution >= 4 is 21.6 Å². The smallest absolute Gasteiger partial charge is 0.243 e. The number of methoxy groups -OCH3 is 2. The first-order valence-corrected chi connectivity index (χ1v) is 13.0. The number of aryl methyl sites for hydroxylation is 1. The topological polar surface area (TPSA) is 84.9 Å². The van der Waals surface area contributed by atoms with Crippen LogP contribution in [-0.4, -0.2) is 45.4 Å². The lowest BCUT2D eigenvalue weighted by molar-refractivity contribution is -0.121. The Bertz CT molecular complexity index is 1390. The fraction of sp³-hybridized carbons (Fsp3) is 0.296. The predicted molar refractivity (Wildman–Crippen MR) is 133 cm³/mol. The Morgan fingerprint density at radius 1 is 1.00 bits per heavy atom. The van der Waals surface area contributed by atoms with E-state index in [-0.39, 0.29) is 23.8 Å². The molecule has 0 saturated carbocycles. The van der Waals surface area contributed by atoms with Crippen molar-refractivity contribution < 1.29 is 22.7 Å². The highest BCUT2D eigenvalue weighted by atomic mass is 32.2. The van der Waals surface area contributed by atoms with E-state index < -0.39 is 21.5 Å². The van der Waals surface area contributed by atoms with Crippen LogP contribution >= 0.6 is 0 Å². The first-order chi connectivity index (χ1) is 16.8. The Hall–Kier alpha value is -3.36. The molecular formula is C27H28N2O5S. The summed E-state index contributed by atoms with van der Waals surface area (Å²) in [7, 11) is -0.745. The minimum absolute atomic E-state index is 0.174. The number of carbonyl (C=O) groups is 1. The van der Waals surface area contributed by atoms with Crippen LogP contribution in [0.5, 0.6) is 11.5 Å². The van der Waals surface area contributed by atoms with Crippen molar-refractivity contribution in [3.05, 3.63) is 83.4 Å². The third kappa shape index (κ3) is 3.59. The maximum absolute atomic E-state index is 13.9. The van der Waals surface area contributed by atoms with Gasteiger partial charge in [0.1, 0.15) is 0 Å². The van der Waals surface area contributed by atoms with Gasteiger partial charge in [-0.05, 0) is 55.2 Å². The van der Waals surface area contributed by atoms with Crippen LogP contribution in [0.25, 0.3) is 0 Å². The van der Waals surface area contributed by atoms with E-state index >= 15 is 0 Å². The molecule has 7 nitrogen and oxygen atoms in total. The number of carbonyl (C=O) groups excluding carboxylic acids is 1. The Labute approximate surface area is 205 Å². The number of rotatable bonds is 6. The monoisotopic (exact) mass is 492 g/mol. The molecule has 0 bridgehead atoms. The highest BCUT2D eigenvalue weighted by Crippen LogP contribution is 2.51. The maximum atomic E-state index is 13.9. The van der Waals surface area contributed by atoms with Crippen LogP contribution in [0.2, 0.25) is 0 Å². The van der Waals surface area contributed by atoms with Gasteiger partial charge in [0.25, 0.3) is 0 Å². The Balaban J connectivity index is 1.67. The standard InChI is InChI=1S/C27H28N2O5S/c1-18-11-13-20(14-12-18)35(31,32)29-16-15-27(21-8-4-5-9-22(21)28-26(27)30)24(29)17-19-7-6-10-23(33-2)25(19)34-3/h4-14,24H,15-17H2,1-3H3,(H,28,30). The molecule has 0 radical (unpaired) electrons. The van der Waals surface area contributed by atoms with Gasteiger partial charge in [0, 0.05) is 18.3 Å². The highest BCUT2D eigenvalue weighted by molar-refractivity contribution is 7.89. The number of sulfonamides is 1. The molecule has 1 fully saturated rings. The third-order valence-corrected chi connectivity index (χ3v) is 9.15. The molecule has 2 aliphatic heterocycles. The molecule has 1 N–H and O–H groups in total. The van der Waals surface area contributed by atoms with Crippen LogP contribution in [0, 0.1) is 6.92 Å². The van der Waals surface area contributed by atoms with Gasteiger partial charge in [0.05, 0.1) is 24.5 Å². The van der Waals surface area contributed by atoms with Gasteiger partial charge in [0.2, 0.25) is 15.9 Å². The summed E-state index contributed by atoms with van der Waals surface area (Å²) in [5.41, 5.74) is 2.30. The van der Waals surface area contributed by atoms with Gasteiger partial charge < -0.3 is 14.8 Å². The van der Waals surface area contributed by atoms with Crippen molar-refractivity contribution in [3.63, 3.8) is 0 Å². The van der Waals surface area contributed by atoms with E-state index in [0.29, 0.717) is 17.9 Å². The predicted octanol–water partition coefficient (Wildman–Crippen LogP) is 3.91. The molecular weight excluding hydrogens is 464 g/mol. The van der Waals surface area contributed by atoms with E-state index in [4.69, 9.17) is 9.47 Å². The maximum Gasteiger partial charge on any atom is 0.243 e. The molecule has 3 aromatic rings. The van der Waals surface area contributed by atoms with Gasteiger partial charge >= 0.3 is 0 Å². The zero-order valence-corrected chi connectivity index (χ0v) is 20.8. The minimum atomic E-state index is -3.87. The van der Waals surface area contributed by atoms with Gasteiger partial charge in [-0.2, -0.15) is 4.31 Å². The largest absolute Gasteiger partial charge is 0.493 e. The molecule has 1 saturated heterocycles. The molecule has 2 aliphatic rings. The molecule has 0 aromatic heterocycles. The number of ether oxygens (including phenoxy) is 2. The molecule has 5 rings (SSSR count). The first kappa shape index (κ1) is 23.4. The highest BCUT2D eigenvalue weighted by Gasteiger charge is 2.60. The van der Waals surface area contributed by atoms with Gasteiger partial charge in [0.15, 0.2) is 11.5 Å². The summed E-state index contributed by atoms with van der Waals surface area (Å²) in [6, 6.07) is 19.3.